The number of aryl methyl sites for hydroxylation is 1. The maximum Gasteiger partial charge on any atom is 0.338 e. The van der Waals surface area contributed by atoms with E-state index >= 15 is 0 Å². The van der Waals surface area contributed by atoms with Crippen LogP contribution in [-0.4, -0.2) is 24.5 Å². The van der Waals surface area contributed by atoms with Gasteiger partial charge in [-0.3, -0.25) is 4.72 Å². The van der Waals surface area contributed by atoms with Gasteiger partial charge in [-0.05, 0) is 40.5 Å². The lowest BCUT2D eigenvalue weighted by Gasteiger charge is -2.08. The molecule has 0 bridgehead atoms. The minimum Gasteiger partial charge on any atom is -0.478 e. The van der Waals surface area contributed by atoms with Gasteiger partial charge in [-0.1, -0.05) is 11.3 Å². The van der Waals surface area contributed by atoms with Crippen LogP contribution in [0.25, 0.3) is 0 Å². The number of rotatable bonds is 4. The van der Waals surface area contributed by atoms with Gasteiger partial charge in [0.2, 0.25) is 0 Å². The van der Waals surface area contributed by atoms with E-state index in [9.17, 15) is 17.6 Å². The maximum atomic E-state index is 13.6. The van der Waals surface area contributed by atoms with Gasteiger partial charge in [0.25, 0.3) is 10.0 Å². The molecule has 0 fully saturated rings. The molecular weight excluding hydrogens is 387 g/mol. The molecule has 112 valence electrons. The Bertz CT molecular complexity index is 820. The summed E-state index contributed by atoms with van der Waals surface area (Å²) < 4.78 is 40.8. The van der Waals surface area contributed by atoms with Crippen molar-refractivity contribution in [1.82, 2.24) is 4.98 Å². The molecule has 0 saturated heterocycles. The van der Waals surface area contributed by atoms with Crippen molar-refractivity contribution in [1.29, 1.82) is 0 Å². The van der Waals surface area contributed by atoms with Crippen LogP contribution in [0.3, 0.4) is 0 Å². The highest BCUT2D eigenvalue weighted by Gasteiger charge is 2.22. The summed E-state index contributed by atoms with van der Waals surface area (Å²) in [4.78, 5) is 14.4. The first-order valence-electron chi connectivity index (χ1n) is 5.38. The minimum atomic E-state index is -4.05. The zero-order valence-electron chi connectivity index (χ0n) is 10.4. The van der Waals surface area contributed by atoms with E-state index in [-0.39, 0.29) is 15.6 Å². The predicted octanol–water partition coefficient (Wildman–Crippen LogP) is 2.85. The van der Waals surface area contributed by atoms with Crippen LogP contribution in [0.5, 0.6) is 0 Å². The Morgan fingerprint density at radius 3 is 2.67 bits per heavy atom. The van der Waals surface area contributed by atoms with Gasteiger partial charge in [-0.2, -0.15) is 0 Å². The standard InChI is InChI=1S/C11H8BrFN2O4S2/c1-5-2-6(3-7(9(5)13)10(16)17)21(18,19)15-11-14-4-8(12)20-11/h2-4H,1H3,(H,14,15)(H,16,17). The second-order valence-electron chi connectivity index (χ2n) is 3.98. The van der Waals surface area contributed by atoms with Crippen molar-refractivity contribution < 1.29 is 22.7 Å². The van der Waals surface area contributed by atoms with Crippen LogP contribution in [0.15, 0.2) is 27.0 Å². The Balaban J connectivity index is 2.47. The normalized spacial score (nSPS) is 11.4. The van der Waals surface area contributed by atoms with Crippen molar-refractivity contribution in [2.24, 2.45) is 0 Å². The van der Waals surface area contributed by atoms with Crippen molar-refractivity contribution in [3.63, 3.8) is 0 Å². The molecule has 0 saturated carbocycles. The van der Waals surface area contributed by atoms with Crippen LogP contribution in [0.2, 0.25) is 0 Å². The van der Waals surface area contributed by atoms with E-state index in [4.69, 9.17) is 5.11 Å². The molecule has 0 unspecified atom stereocenters. The molecule has 0 amide bonds. The molecule has 0 aliphatic carbocycles. The van der Waals surface area contributed by atoms with Crippen molar-refractivity contribution >= 4 is 48.4 Å². The Labute approximate surface area is 131 Å². The second kappa shape index (κ2) is 5.70. The van der Waals surface area contributed by atoms with Crippen LogP contribution in [0, 0.1) is 12.7 Å². The summed E-state index contributed by atoms with van der Waals surface area (Å²) in [5.74, 6) is -2.50. The molecule has 21 heavy (non-hydrogen) atoms. The van der Waals surface area contributed by atoms with Gasteiger partial charge in [0.15, 0.2) is 5.13 Å². The number of nitrogens with zero attached hydrogens (tertiary/aromatic N) is 1. The minimum absolute atomic E-state index is 0.0735. The van der Waals surface area contributed by atoms with E-state index in [1.807, 2.05) is 0 Å². The molecule has 0 aliphatic rings. The third-order valence-corrected chi connectivity index (χ3v) is 5.31. The lowest BCUT2D eigenvalue weighted by atomic mass is 10.1. The van der Waals surface area contributed by atoms with E-state index in [2.05, 4.69) is 25.6 Å². The first kappa shape index (κ1) is 15.9. The van der Waals surface area contributed by atoms with Gasteiger partial charge < -0.3 is 5.11 Å². The number of thiazole rings is 1. The summed E-state index contributed by atoms with van der Waals surface area (Å²) in [6.07, 6.45) is 1.42. The molecule has 10 heteroatoms. The number of hydrogen-bond donors (Lipinski definition) is 2. The van der Waals surface area contributed by atoms with Crippen LogP contribution in [0.4, 0.5) is 9.52 Å². The van der Waals surface area contributed by atoms with Gasteiger partial charge in [0.05, 0.1) is 20.4 Å². The molecule has 0 atom stereocenters. The summed E-state index contributed by atoms with van der Waals surface area (Å²) in [5.41, 5.74) is -0.772. The molecule has 1 aromatic heterocycles. The number of carboxylic acid groups (broad SMARTS) is 1. The number of benzene rings is 1. The maximum absolute atomic E-state index is 13.6. The molecule has 1 heterocycles. The van der Waals surface area contributed by atoms with E-state index in [0.717, 1.165) is 23.5 Å². The summed E-state index contributed by atoms with van der Waals surface area (Å²) in [5, 5.41) is 9.01. The molecule has 0 radical (unpaired) electrons. The van der Waals surface area contributed by atoms with E-state index in [0.29, 0.717) is 3.79 Å². The van der Waals surface area contributed by atoms with Gasteiger partial charge in [-0.25, -0.2) is 22.6 Å². The molecule has 2 N–H and O–H groups in total. The molecule has 2 aromatic rings. The molecule has 2 rings (SSSR count). The van der Waals surface area contributed by atoms with Gasteiger partial charge in [-0.15, -0.1) is 0 Å². The number of carbonyl (C=O) groups is 1. The molecular formula is C11H8BrFN2O4S2. The van der Waals surface area contributed by atoms with Crippen molar-refractivity contribution in [3.8, 4) is 0 Å². The number of halogens is 2. The topological polar surface area (TPSA) is 96.4 Å². The third kappa shape index (κ3) is 3.39. The zero-order valence-corrected chi connectivity index (χ0v) is 13.6. The number of anilines is 1. The van der Waals surface area contributed by atoms with Crippen molar-refractivity contribution in [2.45, 2.75) is 11.8 Å². The lowest BCUT2D eigenvalue weighted by Crippen LogP contribution is -2.15. The lowest BCUT2D eigenvalue weighted by molar-refractivity contribution is 0.0691. The highest BCUT2D eigenvalue weighted by Crippen LogP contribution is 2.26. The summed E-state index contributed by atoms with van der Waals surface area (Å²) >= 11 is 4.19. The van der Waals surface area contributed by atoms with Crippen LogP contribution in [-0.2, 0) is 10.0 Å². The first-order chi connectivity index (χ1) is 9.70. The summed E-state index contributed by atoms with van der Waals surface area (Å²) in [6, 6.07) is 1.84. The molecule has 6 nitrogen and oxygen atoms in total. The summed E-state index contributed by atoms with van der Waals surface area (Å²) in [6.45, 7) is 1.29. The zero-order chi connectivity index (χ0) is 15.8. The third-order valence-electron chi connectivity index (χ3n) is 2.47. The fourth-order valence-electron chi connectivity index (χ4n) is 1.52. The van der Waals surface area contributed by atoms with Crippen molar-refractivity contribution in [3.05, 3.63) is 39.1 Å². The largest absolute Gasteiger partial charge is 0.478 e. The number of sulfonamides is 1. The Morgan fingerprint density at radius 1 is 1.48 bits per heavy atom. The fraction of sp³-hybridized carbons (Fsp3) is 0.0909. The number of carboxylic acids is 1. The van der Waals surface area contributed by atoms with E-state index in [1.54, 1.807) is 0 Å². The van der Waals surface area contributed by atoms with Gasteiger partial charge >= 0.3 is 5.97 Å². The van der Waals surface area contributed by atoms with E-state index < -0.39 is 27.4 Å². The second-order valence-corrected chi connectivity index (χ2v) is 8.07. The highest BCUT2D eigenvalue weighted by molar-refractivity contribution is 9.11. The fourth-order valence-corrected chi connectivity index (χ4v) is 3.98. The van der Waals surface area contributed by atoms with Crippen LogP contribution < -0.4 is 4.72 Å². The molecule has 0 spiro atoms. The van der Waals surface area contributed by atoms with Gasteiger partial charge in [0.1, 0.15) is 5.82 Å². The average Bonchev–Trinajstić information content (AvgIpc) is 2.76. The predicted molar refractivity (Wildman–Crippen MR) is 78.7 cm³/mol. The SMILES string of the molecule is Cc1cc(S(=O)(=O)Nc2ncc(Br)s2)cc(C(=O)O)c1F. The number of hydrogen-bond acceptors (Lipinski definition) is 5. The average molecular weight is 395 g/mol. The molecule has 0 aliphatic heterocycles. The Hall–Kier alpha value is -1.52. The Morgan fingerprint density at radius 2 is 2.14 bits per heavy atom. The number of aromatic carboxylic acids is 1. The van der Waals surface area contributed by atoms with Crippen LogP contribution in [0.1, 0.15) is 15.9 Å². The number of aromatic nitrogens is 1. The summed E-state index contributed by atoms with van der Waals surface area (Å²) in [7, 11) is -4.05. The van der Waals surface area contributed by atoms with Crippen molar-refractivity contribution in [2.75, 3.05) is 4.72 Å². The smallest absolute Gasteiger partial charge is 0.338 e. The highest BCUT2D eigenvalue weighted by atomic mass is 79.9. The number of nitrogens with one attached hydrogen (secondary N) is 1. The monoisotopic (exact) mass is 394 g/mol. The van der Waals surface area contributed by atoms with Crippen LogP contribution >= 0.6 is 27.3 Å². The first-order valence-corrected chi connectivity index (χ1v) is 8.47. The quantitative estimate of drug-likeness (QED) is 0.830. The Kier molecular flexibility index (Phi) is 4.30. The van der Waals surface area contributed by atoms with E-state index in [1.165, 1.54) is 13.1 Å². The van der Waals surface area contributed by atoms with Gasteiger partial charge in [0, 0.05) is 0 Å². The molecule has 1 aromatic carbocycles.